The van der Waals surface area contributed by atoms with Gasteiger partial charge in [-0.05, 0) is 30.5 Å². The fraction of sp³-hybridized carbons (Fsp3) is 0.200. The van der Waals surface area contributed by atoms with Crippen LogP contribution in [0.4, 0.5) is 5.82 Å². The topological polar surface area (TPSA) is 56.7 Å². The van der Waals surface area contributed by atoms with Gasteiger partial charge in [-0.1, -0.05) is 18.2 Å². The SMILES string of the molecule is Cc1ccc(-c2c(-c3cncs3)nn(C)c2N)cc1C. The van der Waals surface area contributed by atoms with Crippen LogP contribution in [-0.2, 0) is 7.05 Å². The van der Waals surface area contributed by atoms with Gasteiger partial charge in [0.2, 0.25) is 0 Å². The molecule has 5 heteroatoms. The fourth-order valence-electron chi connectivity index (χ4n) is 2.22. The third-order valence-corrected chi connectivity index (χ3v) is 4.33. The predicted molar refractivity (Wildman–Crippen MR) is 83.6 cm³/mol. The molecule has 4 nitrogen and oxygen atoms in total. The Kier molecular flexibility index (Phi) is 3.06. The van der Waals surface area contributed by atoms with Crippen molar-refractivity contribution in [2.75, 3.05) is 5.73 Å². The summed E-state index contributed by atoms with van der Waals surface area (Å²) >= 11 is 1.57. The molecule has 0 atom stereocenters. The van der Waals surface area contributed by atoms with Crippen molar-refractivity contribution in [3.63, 3.8) is 0 Å². The molecular formula is C15H16N4S. The van der Waals surface area contributed by atoms with Gasteiger partial charge < -0.3 is 5.73 Å². The Bertz CT molecular complexity index is 757. The number of nitrogens with zero attached hydrogens (tertiary/aromatic N) is 3. The van der Waals surface area contributed by atoms with E-state index in [9.17, 15) is 0 Å². The van der Waals surface area contributed by atoms with Crippen molar-refractivity contribution < 1.29 is 0 Å². The molecule has 0 radical (unpaired) electrons. The second-order valence-electron chi connectivity index (χ2n) is 4.90. The van der Waals surface area contributed by atoms with Gasteiger partial charge in [-0.15, -0.1) is 11.3 Å². The molecule has 0 saturated heterocycles. The van der Waals surface area contributed by atoms with E-state index in [1.807, 2.05) is 18.8 Å². The zero-order valence-corrected chi connectivity index (χ0v) is 12.5. The Morgan fingerprint density at radius 3 is 2.65 bits per heavy atom. The number of benzene rings is 1. The normalized spacial score (nSPS) is 10.9. The Morgan fingerprint density at radius 1 is 1.20 bits per heavy atom. The average molecular weight is 284 g/mol. The minimum Gasteiger partial charge on any atom is -0.383 e. The highest BCUT2D eigenvalue weighted by Gasteiger charge is 2.18. The molecule has 3 rings (SSSR count). The van der Waals surface area contributed by atoms with Gasteiger partial charge in [0.1, 0.15) is 11.5 Å². The average Bonchev–Trinajstić information content (AvgIpc) is 3.03. The lowest BCUT2D eigenvalue weighted by Gasteiger charge is -2.06. The molecular weight excluding hydrogens is 268 g/mol. The van der Waals surface area contributed by atoms with Crippen LogP contribution >= 0.6 is 11.3 Å². The highest BCUT2D eigenvalue weighted by atomic mass is 32.1. The van der Waals surface area contributed by atoms with Crippen molar-refractivity contribution in [2.45, 2.75) is 13.8 Å². The lowest BCUT2D eigenvalue weighted by atomic mass is 10.00. The summed E-state index contributed by atoms with van der Waals surface area (Å²) < 4.78 is 1.72. The van der Waals surface area contributed by atoms with Crippen LogP contribution in [0.2, 0.25) is 0 Å². The standard InChI is InChI=1S/C15H16N4S/c1-9-4-5-11(6-10(9)2)13-14(12-7-17-8-20-12)18-19(3)15(13)16/h4-8H,16H2,1-3H3. The van der Waals surface area contributed by atoms with Crippen molar-refractivity contribution in [1.82, 2.24) is 14.8 Å². The van der Waals surface area contributed by atoms with E-state index in [-0.39, 0.29) is 0 Å². The highest BCUT2D eigenvalue weighted by Crippen LogP contribution is 2.37. The summed E-state index contributed by atoms with van der Waals surface area (Å²) in [5, 5.41) is 4.54. The number of hydrogen-bond acceptors (Lipinski definition) is 4. The molecule has 0 spiro atoms. The van der Waals surface area contributed by atoms with Gasteiger partial charge in [0, 0.05) is 13.2 Å². The molecule has 1 aromatic carbocycles. The van der Waals surface area contributed by atoms with Crippen molar-refractivity contribution in [3.8, 4) is 21.7 Å². The van der Waals surface area contributed by atoms with Crippen molar-refractivity contribution in [1.29, 1.82) is 0 Å². The molecule has 102 valence electrons. The van der Waals surface area contributed by atoms with Crippen molar-refractivity contribution in [2.24, 2.45) is 7.05 Å². The van der Waals surface area contributed by atoms with E-state index in [0.717, 1.165) is 21.7 Å². The molecule has 2 heterocycles. The first kappa shape index (κ1) is 12.9. The molecule has 3 aromatic rings. The first-order chi connectivity index (χ1) is 9.58. The van der Waals surface area contributed by atoms with Crippen molar-refractivity contribution in [3.05, 3.63) is 41.0 Å². The summed E-state index contributed by atoms with van der Waals surface area (Å²) in [5.74, 6) is 0.677. The van der Waals surface area contributed by atoms with Crippen LogP contribution in [-0.4, -0.2) is 14.8 Å². The van der Waals surface area contributed by atoms with E-state index < -0.39 is 0 Å². The molecule has 0 aliphatic rings. The maximum absolute atomic E-state index is 6.21. The Labute approximate surface area is 121 Å². The molecule has 0 saturated carbocycles. The first-order valence-corrected chi connectivity index (χ1v) is 7.25. The Balaban J connectivity index is 2.25. The smallest absolute Gasteiger partial charge is 0.129 e. The first-order valence-electron chi connectivity index (χ1n) is 6.37. The molecule has 20 heavy (non-hydrogen) atoms. The van der Waals surface area contributed by atoms with Crippen LogP contribution < -0.4 is 5.73 Å². The third-order valence-electron chi connectivity index (χ3n) is 3.55. The van der Waals surface area contributed by atoms with E-state index in [4.69, 9.17) is 5.73 Å². The summed E-state index contributed by atoms with van der Waals surface area (Å²) in [6, 6.07) is 6.38. The zero-order valence-electron chi connectivity index (χ0n) is 11.7. The van der Waals surface area contributed by atoms with Crippen LogP contribution in [0.5, 0.6) is 0 Å². The van der Waals surface area contributed by atoms with Gasteiger partial charge in [-0.2, -0.15) is 5.10 Å². The number of thiazole rings is 1. The Morgan fingerprint density at radius 2 is 2.00 bits per heavy atom. The van der Waals surface area contributed by atoms with E-state index in [1.165, 1.54) is 11.1 Å². The summed E-state index contributed by atoms with van der Waals surface area (Å²) in [6.45, 7) is 4.22. The Hall–Kier alpha value is -2.14. The van der Waals surface area contributed by atoms with E-state index in [2.05, 4.69) is 42.1 Å². The lowest BCUT2D eigenvalue weighted by Crippen LogP contribution is -1.98. The fourth-order valence-corrected chi connectivity index (χ4v) is 2.84. The minimum absolute atomic E-state index is 0.677. The minimum atomic E-state index is 0.677. The maximum atomic E-state index is 6.21. The molecule has 0 amide bonds. The summed E-state index contributed by atoms with van der Waals surface area (Å²) in [6.07, 6.45) is 1.83. The number of nitrogen functional groups attached to an aromatic ring is 1. The number of aromatic nitrogens is 3. The number of nitrogens with two attached hydrogens (primary N) is 1. The molecule has 2 N–H and O–H groups in total. The second-order valence-corrected chi connectivity index (χ2v) is 5.78. The van der Waals surface area contributed by atoms with Crippen LogP contribution in [0.25, 0.3) is 21.7 Å². The summed E-state index contributed by atoms with van der Waals surface area (Å²) in [7, 11) is 1.87. The summed E-state index contributed by atoms with van der Waals surface area (Å²) in [4.78, 5) is 5.17. The molecule has 0 fully saturated rings. The maximum Gasteiger partial charge on any atom is 0.129 e. The van der Waals surface area contributed by atoms with Gasteiger partial charge >= 0.3 is 0 Å². The molecule has 0 aliphatic heterocycles. The van der Waals surface area contributed by atoms with Crippen LogP contribution in [0.15, 0.2) is 29.9 Å². The third kappa shape index (κ3) is 2.00. The highest BCUT2D eigenvalue weighted by molar-refractivity contribution is 7.13. The van der Waals surface area contributed by atoms with Gasteiger partial charge in [-0.25, -0.2) is 0 Å². The number of hydrogen-bond donors (Lipinski definition) is 1. The van der Waals surface area contributed by atoms with Gasteiger partial charge in [0.05, 0.1) is 16.0 Å². The second kappa shape index (κ2) is 4.76. The van der Waals surface area contributed by atoms with E-state index in [1.54, 1.807) is 16.0 Å². The number of rotatable bonds is 2. The molecule has 0 unspecified atom stereocenters. The van der Waals surface area contributed by atoms with Crippen LogP contribution in [0, 0.1) is 13.8 Å². The van der Waals surface area contributed by atoms with Crippen LogP contribution in [0.3, 0.4) is 0 Å². The largest absolute Gasteiger partial charge is 0.383 e. The molecule has 0 aliphatic carbocycles. The zero-order chi connectivity index (χ0) is 14.3. The number of anilines is 1. The van der Waals surface area contributed by atoms with Gasteiger partial charge in [0.15, 0.2) is 0 Å². The van der Waals surface area contributed by atoms with Gasteiger partial charge in [-0.3, -0.25) is 9.67 Å². The quantitative estimate of drug-likeness (QED) is 0.784. The number of aryl methyl sites for hydroxylation is 3. The summed E-state index contributed by atoms with van der Waals surface area (Å²) in [5.41, 5.74) is 13.5. The van der Waals surface area contributed by atoms with E-state index >= 15 is 0 Å². The van der Waals surface area contributed by atoms with E-state index in [0.29, 0.717) is 5.82 Å². The monoisotopic (exact) mass is 284 g/mol. The van der Waals surface area contributed by atoms with Gasteiger partial charge in [0.25, 0.3) is 0 Å². The van der Waals surface area contributed by atoms with Crippen LogP contribution in [0.1, 0.15) is 11.1 Å². The predicted octanol–water partition coefficient (Wildman–Crippen LogP) is 3.41. The molecule has 0 bridgehead atoms. The van der Waals surface area contributed by atoms with Crippen molar-refractivity contribution >= 4 is 17.2 Å². The lowest BCUT2D eigenvalue weighted by molar-refractivity contribution is 0.783. The molecule has 2 aromatic heterocycles.